The second kappa shape index (κ2) is 10.4. The molecule has 5 rings (SSSR count). The number of hydrogen-bond donors (Lipinski definition) is 1. The Balaban J connectivity index is 1.31. The molecule has 1 aromatic carbocycles. The summed E-state index contributed by atoms with van der Waals surface area (Å²) in [6.07, 6.45) is 1.27. The molecule has 12 heteroatoms. The van der Waals surface area contributed by atoms with E-state index in [4.69, 9.17) is 4.74 Å². The number of thiophene rings is 1. The first kappa shape index (κ1) is 26.3. The summed E-state index contributed by atoms with van der Waals surface area (Å²) in [5.41, 5.74) is 0. The maximum absolute atomic E-state index is 13.7. The highest BCUT2D eigenvalue weighted by Gasteiger charge is 2.54. The van der Waals surface area contributed by atoms with E-state index in [0.717, 1.165) is 14.4 Å². The number of aromatic nitrogens is 1. The summed E-state index contributed by atoms with van der Waals surface area (Å²) in [6.45, 7) is 3.73. The van der Waals surface area contributed by atoms with Gasteiger partial charge in [-0.2, -0.15) is 4.31 Å². The lowest BCUT2D eigenvalue weighted by atomic mass is 10.0. The van der Waals surface area contributed by atoms with E-state index in [0.29, 0.717) is 17.9 Å². The number of nitrogens with zero attached hydrogens (tertiary/aromatic N) is 3. The first-order chi connectivity index (χ1) is 18.1. The number of benzene rings is 1. The van der Waals surface area contributed by atoms with Crippen LogP contribution >= 0.6 is 11.3 Å². The van der Waals surface area contributed by atoms with Crippen molar-refractivity contribution in [2.24, 2.45) is 5.92 Å². The Morgan fingerprint density at radius 1 is 1.18 bits per heavy atom. The van der Waals surface area contributed by atoms with Crippen LogP contribution in [0.5, 0.6) is 5.06 Å². The minimum atomic E-state index is -4.00. The van der Waals surface area contributed by atoms with Crippen LogP contribution in [0.25, 0.3) is 10.1 Å². The Morgan fingerprint density at radius 3 is 2.66 bits per heavy atom. The van der Waals surface area contributed by atoms with Crippen LogP contribution in [0.1, 0.15) is 26.7 Å². The minimum Gasteiger partial charge on any atom is -0.399 e. The summed E-state index contributed by atoms with van der Waals surface area (Å²) in [4.78, 5) is 44.8. The van der Waals surface area contributed by atoms with E-state index in [1.807, 2.05) is 38.1 Å². The van der Waals surface area contributed by atoms with E-state index >= 15 is 0 Å². The highest BCUT2D eigenvalue weighted by molar-refractivity contribution is 7.89. The van der Waals surface area contributed by atoms with Crippen LogP contribution in [0, 0.1) is 5.92 Å². The third-order valence-electron chi connectivity index (χ3n) is 6.76. The van der Waals surface area contributed by atoms with Gasteiger partial charge >= 0.3 is 6.09 Å². The second-order valence-electron chi connectivity index (χ2n) is 9.84. The van der Waals surface area contributed by atoms with Gasteiger partial charge in [0.25, 0.3) is 10.0 Å². The lowest BCUT2D eigenvalue weighted by Crippen LogP contribution is -2.53. The molecule has 3 aromatic rings. The summed E-state index contributed by atoms with van der Waals surface area (Å²) in [5.74, 6) is -0.714. The number of likely N-dealkylation sites (tertiary alicyclic amines) is 1. The van der Waals surface area contributed by atoms with E-state index in [1.165, 1.54) is 28.5 Å². The van der Waals surface area contributed by atoms with Crippen LogP contribution < -0.4 is 10.1 Å². The molecule has 10 nitrogen and oxygen atoms in total. The van der Waals surface area contributed by atoms with Crippen LogP contribution in [0.4, 0.5) is 4.79 Å². The Hall–Kier alpha value is -3.35. The number of fused-ring (bicyclic) bond motifs is 2. The van der Waals surface area contributed by atoms with Gasteiger partial charge in [0.15, 0.2) is 15.9 Å². The number of sulfonamides is 1. The van der Waals surface area contributed by atoms with Crippen LogP contribution in [-0.2, 0) is 19.6 Å². The molecule has 0 bridgehead atoms. The van der Waals surface area contributed by atoms with Crippen molar-refractivity contribution in [2.75, 3.05) is 13.1 Å². The van der Waals surface area contributed by atoms with Gasteiger partial charge in [-0.05, 0) is 42.3 Å². The molecular formula is C26H28N4O6S2. The fraction of sp³-hybridized carbons (Fsp3) is 0.385. The van der Waals surface area contributed by atoms with E-state index < -0.39 is 40.1 Å². The largest absolute Gasteiger partial charge is 0.414 e. The first-order valence-corrected chi connectivity index (χ1v) is 14.6. The lowest BCUT2D eigenvalue weighted by Gasteiger charge is -2.28. The molecule has 38 heavy (non-hydrogen) atoms. The molecule has 0 spiro atoms. The lowest BCUT2D eigenvalue weighted by molar-refractivity contribution is -0.138. The fourth-order valence-corrected chi connectivity index (χ4v) is 7.60. The van der Waals surface area contributed by atoms with Gasteiger partial charge in [0.05, 0.1) is 12.6 Å². The third-order valence-corrected chi connectivity index (χ3v) is 9.55. The number of carbonyl (C=O) groups is 3. The molecule has 2 aromatic heterocycles. The summed E-state index contributed by atoms with van der Waals surface area (Å²) in [7, 11) is -4.00. The number of Topliss-reactive ketones (excluding diaryl/α,β-unsaturated/α-hetero) is 1. The smallest absolute Gasteiger partial charge is 0.399 e. The number of carbonyl (C=O) groups excluding carboxylic acids is 3. The zero-order valence-corrected chi connectivity index (χ0v) is 22.6. The van der Waals surface area contributed by atoms with Gasteiger partial charge < -0.3 is 15.0 Å². The standard InChI is InChI=1S/C26H28N4O6S2/c1-16(2)13-18(28-26(33)36-23-14-17-7-3-4-8-21(17)37-23)25(32)29-12-10-19-24(29)20(31)15-30(19)38(34,35)22-9-5-6-11-27-22/h3-9,11,14,16,18-19,24H,10,12-13,15H2,1-2H3,(H,28,33). The molecule has 200 valence electrons. The zero-order valence-electron chi connectivity index (χ0n) is 20.9. The van der Waals surface area contributed by atoms with Crippen molar-refractivity contribution in [1.29, 1.82) is 0 Å². The van der Waals surface area contributed by atoms with Crippen molar-refractivity contribution in [3.05, 3.63) is 54.7 Å². The minimum absolute atomic E-state index is 0.0623. The van der Waals surface area contributed by atoms with Crippen LogP contribution in [-0.4, -0.2) is 71.6 Å². The molecule has 2 fully saturated rings. The Labute approximate surface area is 224 Å². The quantitative estimate of drug-likeness (QED) is 0.474. The van der Waals surface area contributed by atoms with Gasteiger partial charge in [-0.3, -0.25) is 9.59 Å². The fourth-order valence-electron chi connectivity index (χ4n) is 5.12. The first-order valence-electron chi connectivity index (χ1n) is 12.4. The van der Waals surface area contributed by atoms with Gasteiger partial charge in [-0.15, -0.1) is 0 Å². The maximum Gasteiger partial charge on any atom is 0.414 e. The third kappa shape index (κ3) is 5.03. The Morgan fingerprint density at radius 2 is 1.95 bits per heavy atom. The SMILES string of the molecule is CC(C)CC(NC(=O)Oc1cc2ccccc2s1)C(=O)N1CCC2C1C(=O)CN2S(=O)(=O)c1ccccn1. The zero-order chi connectivity index (χ0) is 27.0. The number of amides is 2. The van der Waals surface area contributed by atoms with Crippen molar-refractivity contribution >= 4 is 49.2 Å². The predicted molar refractivity (Wildman–Crippen MR) is 141 cm³/mol. The summed E-state index contributed by atoms with van der Waals surface area (Å²) in [6, 6.07) is 11.5. The molecule has 3 unspecified atom stereocenters. The normalized spacial score (nSPS) is 20.6. The number of pyridine rings is 1. The number of nitrogens with one attached hydrogen (secondary N) is 1. The van der Waals surface area contributed by atoms with Gasteiger partial charge in [0.1, 0.15) is 12.1 Å². The average molecular weight is 557 g/mol. The maximum atomic E-state index is 13.7. The monoisotopic (exact) mass is 556 g/mol. The highest BCUT2D eigenvalue weighted by Crippen LogP contribution is 2.34. The van der Waals surface area contributed by atoms with E-state index in [-0.39, 0.29) is 29.8 Å². The molecule has 3 atom stereocenters. The van der Waals surface area contributed by atoms with E-state index in [1.54, 1.807) is 18.2 Å². The highest BCUT2D eigenvalue weighted by atomic mass is 32.2. The molecular weight excluding hydrogens is 528 g/mol. The number of ether oxygens (including phenoxy) is 1. The molecule has 0 saturated carbocycles. The summed E-state index contributed by atoms with van der Waals surface area (Å²) < 4.78 is 34.0. The summed E-state index contributed by atoms with van der Waals surface area (Å²) in [5, 5.41) is 3.90. The molecule has 2 amide bonds. The molecule has 1 N–H and O–H groups in total. The van der Waals surface area contributed by atoms with Gasteiger partial charge in [0, 0.05) is 23.5 Å². The average Bonchev–Trinajstić information content (AvgIpc) is 3.58. The second-order valence-corrected chi connectivity index (χ2v) is 12.7. The van der Waals surface area contributed by atoms with Crippen molar-refractivity contribution in [3.8, 4) is 5.06 Å². The van der Waals surface area contributed by atoms with Crippen molar-refractivity contribution < 1.29 is 27.5 Å². The molecule has 2 aliphatic rings. The molecule has 0 aliphatic carbocycles. The van der Waals surface area contributed by atoms with Crippen LogP contribution in [0.3, 0.4) is 0 Å². The molecule has 2 saturated heterocycles. The number of rotatable bonds is 7. The number of hydrogen-bond acceptors (Lipinski definition) is 8. The van der Waals surface area contributed by atoms with Gasteiger partial charge in [-0.1, -0.05) is 49.4 Å². The topological polar surface area (TPSA) is 126 Å². The van der Waals surface area contributed by atoms with E-state index in [2.05, 4.69) is 10.3 Å². The summed E-state index contributed by atoms with van der Waals surface area (Å²) >= 11 is 1.32. The molecule has 2 aliphatic heterocycles. The molecule has 4 heterocycles. The Bertz CT molecular complexity index is 1440. The molecule has 0 radical (unpaired) electrons. The number of ketones is 1. The van der Waals surface area contributed by atoms with Crippen LogP contribution in [0.15, 0.2) is 59.8 Å². The van der Waals surface area contributed by atoms with Gasteiger partial charge in [-0.25, -0.2) is 18.2 Å². The van der Waals surface area contributed by atoms with Crippen molar-refractivity contribution in [2.45, 2.75) is 49.8 Å². The van der Waals surface area contributed by atoms with E-state index in [9.17, 15) is 22.8 Å². The van der Waals surface area contributed by atoms with Crippen LogP contribution in [0.2, 0.25) is 0 Å². The van der Waals surface area contributed by atoms with Crippen molar-refractivity contribution in [1.82, 2.24) is 19.5 Å². The predicted octanol–water partition coefficient (Wildman–Crippen LogP) is 3.04. The Kier molecular flexibility index (Phi) is 7.21. The van der Waals surface area contributed by atoms with Gasteiger partial charge in [0.2, 0.25) is 5.91 Å². The van der Waals surface area contributed by atoms with Crippen molar-refractivity contribution in [3.63, 3.8) is 0 Å².